The zero-order chi connectivity index (χ0) is 26.9. The molecule has 0 spiro atoms. The van der Waals surface area contributed by atoms with Crippen LogP contribution in [0.5, 0.6) is 11.5 Å². The second-order valence-corrected chi connectivity index (χ2v) is 9.60. The highest BCUT2D eigenvalue weighted by molar-refractivity contribution is 6.01. The van der Waals surface area contributed by atoms with Gasteiger partial charge in [0.25, 0.3) is 0 Å². The third-order valence-electron chi connectivity index (χ3n) is 6.64. The average molecular weight is 523 g/mol. The smallest absolute Gasteiger partial charge is 0.137 e. The first kappa shape index (κ1) is 24.6. The van der Waals surface area contributed by atoms with Crippen LogP contribution in [0.15, 0.2) is 73.3 Å². The summed E-state index contributed by atoms with van der Waals surface area (Å²) in [4.78, 5) is 14.2. The Morgan fingerprint density at radius 2 is 1.67 bits per heavy atom. The van der Waals surface area contributed by atoms with Crippen LogP contribution < -0.4 is 9.47 Å². The summed E-state index contributed by atoms with van der Waals surface area (Å²) in [6.07, 6.45) is 6.99. The Kier molecular flexibility index (Phi) is 6.42. The minimum absolute atomic E-state index is 0.363. The zero-order valence-electron chi connectivity index (χ0n) is 21.8. The Bertz CT molecular complexity index is 1790. The summed E-state index contributed by atoms with van der Waals surface area (Å²) >= 11 is 0. The molecular formula is C30H27FN6O2. The molecule has 0 aliphatic rings. The fraction of sp³-hybridized carbons (Fsp3) is 0.167. The van der Waals surface area contributed by atoms with Crippen LogP contribution in [0.3, 0.4) is 0 Å². The minimum Gasteiger partial charge on any atom is -0.495 e. The van der Waals surface area contributed by atoms with Crippen molar-refractivity contribution in [3.8, 4) is 45.1 Å². The number of methoxy groups -OCH3 is 1. The number of H-pyrrole nitrogens is 2. The van der Waals surface area contributed by atoms with E-state index in [1.165, 1.54) is 12.1 Å². The van der Waals surface area contributed by atoms with Crippen LogP contribution in [-0.4, -0.2) is 64.4 Å². The zero-order valence-corrected chi connectivity index (χ0v) is 21.8. The van der Waals surface area contributed by atoms with E-state index in [-0.39, 0.29) is 5.82 Å². The van der Waals surface area contributed by atoms with Crippen LogP contribution >= 0.6 is 0 Å². The number of pyridine rings is 2. The summed E-state index contributed by atoms with van der Waals surface area (Å²) in [6.45, 7) is 1.20. The number of nitrogens with zero attached hydrogens (tertiary/aromatic N) is 4. The van der Waals surface area contributed by atoms with Gasteiger partial charge in [-0.1, -0.05) is 6.07 Å². The SMILES string of the molecule is COc1cncc(-c2ccc3[nH]nc(-c4cc5c(-c6cc(F)cc(OCCN(C)C)c6)cncc5[nH]4)c3c2)c1. The van der Waals surface area contributed by atoms with Gasteiger partial charge in [-0.3, -0.25) is 15.1 Å². The molecule has 2 N–H and O–H groups in total. The van der Waals surface area contributed by atoms with Gasteiger partial charge in [0.05, 0.1) is 36.2 Å². The van der Waals surface area contributed by atoms with Crippen LogP contribution in [0.25, 0.3) is 55.4 Å². The van der Waals surface area contributed by atoms with Crippen molar-refractivity contribution in [3.63, 3.8) is 0 Å². The Hall–Kier alpha value is -4.76. The van der Waals surface area contributed by atoms with E-state index in [9.17, 15) is 4.39 Å². The molecule has 0 fully saturated rings. The summed E-state index contributed by atoms with van der Waals surface area (Å²) in [5.74, 6) is 0.815. The molecule has 0 radical (unpaired) electrons. The molecular weight excluding hydrogens is 495 g/mol. The molecule has 0 amide bonds. The van der Waals surface area contributed by atoms with Gasteiger partial charge in [0.2, 0.25) is 0 Å². The molecule has 0 aliphatic carbocycles. The molecule has 0 atom stereocenters. The molecule has 4 heterocycles. The number of fused-ring (bicyclic) bond motifs is 2. The largest absolute Gasteiger partial charge is 0.495 e. The van der Waals surface area contributed by atoms with Crippen molar-refractivity contribution in [3.05, 3.63) is 79.1 Å². The minimum atomic E-state index is -0.363. The maximum Gasteiger partial charge on any atom is 0.137 e. The van der Waals surface area contributed by atoms with Crippen molar-refractivity contribution in [2.75, 3.05) is 34.4 Å². The van der Waals surface area contributed by atoms with Crippen LogP contribution in [0.4, 0.5) is 4.39 Å². The molecule has 0 saturated heterocycles. The van der Waals surface area contributed by atoms with E-state index in [2.05, 4.69) is 31.2 Å². The monoisotopic (exact) mass is 522 g/mol. The van der Waals surface area contributed by atoms with Crippen molar-refractivity contribution in [2.45, 2.75) is 0 Å². The predicted octanol–water partition coefficient (Wildman–Crippen LogP) is 5.92. The second-order valence-electron chi connectivity index (χ2n) is 9.60. The summed E-state index contributed by atoms with van der Waals surface area (Å²) in [6, 6.07) is 14.8. The molecule has 39 heavy (non-hydrogen) atoms. The maximum absolute atomic E-state index is 14.6. The molecule has 4 aromatic heterocycles. The van der Waals surface area contributed by atoms with Gasteiger partial charge in [0.15, 0.2) is 0 Å². The predicted molar refractivity (Wildman–Crippen MR) is 150 cm³/mol. The van der Waals surface area contributed by atoms with Gasteiger partial charge in [-0.2, -0.15) is 5.10 Å². The van der Waals surface area contributed by atoms with Crippen LogP contribution in [0.1, 0.15) is 0 Å². The molecule has 0 aliphatic heterocycles. The summed E-state index contributed by atoms with van der Waals surface area (Å²) < 4.78 is 25.7. The Labute approximate surface area is 224 Å². The standard InChI is InChI=1S/C30H27FN6O2/c1-37(2)6-7-39-22-9-19(8-21(31)12-22)26-16-33-17-29-24(26)13-28(34-29)30-25-11-18(4-5-27(25)35-36-30)20-10-23(38-3)15-32-14-20/h4-5,8-17,34H,6-7H2,1-3H3,(H,35,36). The van der Waals surface area contributed by atoms with E-state index in [0.717, 1.165) is 56.4 Å². The van der Waals surface area contributed by atoms with Crippen molar-refractivity contribution < 1.29 is 13.9 Å². The third-order valence-corrected chi connectivity index (χ3v) is 6.64. The number of benzene rings is 2. The quantitative estimate of drug-likeness (QED) is 0.258. The van der Waals surface area contributed by atoms with Gasteiger partial charge in [0.1, 0.15) is 29.6 Å². The molecule has 9 heteroatoms. The number of aromatic nitrogens is 5. The van der Waals surface area contributed by atoms with Gasteiger partial charge >= 0.3 is 0 Å². The van der Waals surface area contributed by atoms with E-state index in [1.54, 1.807) is 25.7 Å². The molecule has 6 aromatic rings. The maximum atomic E-state index is 14.6. The molecule has 0 saturated carbocycles. The highest BCUT2D eigenvalue weighted by atomic mass is 19.1. The number of halogens is 1. The first-order chi connectivity index (χ1) is 19.0. The number of ether oxygens (including phenoxy) is 2. The molecule has 2 aromatic carbocycles. The van der Waals surface area contributed by atoms with E-state index < -0.39 is 0 Å². The number of hydrogen-bond donors (Lipinski definition) is 2. The van der Waals surface area contributed by atoms with Crippen LogP contribution in [0, 0.1) is 5.82 Å². The number of likely N-dealkylation sites (N-methyl/N-ethyl adjacent to an activating group) is 1. The van der Waals surface area contributed by atoms with Gasteiger partial charge in [-0.15, -0.1) is 0 Å². The van der Waals surface area contributed by atoms with Crippen molar-refractivity contribution in [1.82, 2.24) is 30.0 Å². The molecule has 6 rings (SSSR count). The summed E-state index contributed by atoms with van der Waals surface area (Å²) in [7, 11) is 5.56. The fourth-order valence-corrected chi connectivity index (χ4v) is 4.64. The lowest BCUT2D eigenvalue weighted by Crippen LogP contribution is -2.19. The van der Waals surface area contributed by atoms with Crippen molar-refractivity contribution >= 4 is 21.8 Å². The lowest BCUT2D eigenvalue weighted by molar-refractivity contribution is 0.260. The average Bonchev–Trinajstić information content (AvgIpc) is 3.56. The van der Waals surface area contributed by atoms with Crippen molar-refractivity contribution in [1.29, 1.82) is 0 Å². The molecule has 0 unspecified atom stereocenters. The summed E-state index contributed by atoms with van der Waals surface area (Å²) in [5, 5.41) is 9.60. The van der Waals surface area contributed by atoms with E-state index in [4.69, 9.17) is 9.47 Å². The second kappa shape index (κ2) is 10.2. The third kappa shape index (κ3) is 4.92. The lowest BCUT2D eigenvalue weighted by atomic mass is 10.0. The number of rotatable bonds is 8. The van der Waals surface area contributed by atoms with Crippen LogP contribution in [0.2, 0.25) is 0 Å². The topological polar surface area (TPSA) is 91.9 Å². The first-order valence-corrected chi connectivity index (χ1v) is 12.5. The van der Waals surface area contributed by atoms with Gasteiger partial charge in [-0.25, -0.2) is 4.39 Å². The normalized spacial score (nSPS) is 11.5. The van der Waals surface area contributed by atoms with Crippen molar-refractivity contribution in [2.24, 2.45) is 0 Å². The first-order valence-electron chi connectivity index (χ1n) is 12.5. The number of nitrogens with one attached hydrogen (secondary N) is 2. The molecule has 196 valence electrons. The van der Waals surface area contributed by atoms with Gasteiger partial charge < -0.3 is 19.4 Å². The molecule has 0 bridgehead atoms. The number of aromatic amines is 2. The Balaban J connectivity index is 1.40. The van der Waals surface area contributed by atoms with E-state index >= 15 is 0 Å². The summed E-state index contributed by atoms with van der Waals surface area (Å²) in [5.41, 5.74) is 6.77. The Morgan fingerprint density at radius 1 is 0.821 bits per heavy atom. The Morgan fingerprint density at radius 3 is 2.51 bits per heavy atom. The molecule has 8 nitrogen and oxygen atoms in total. The van der Waals surface area contributed by atoms with Gasteiger partial charge in [-0.05, 0) is 61.6 Å². The van der Waals surface area contributed by atoms with E-state index in [0.29, 0.717) is 23.7 Å². The van der Waals surface area contributed by atoms with Gasteiger partial charge in [0, 0.05) is 46.9 Å². The highest BCUT2D eigenvalue weighted by Crippen LogP contribution is 2.36. The number of hydrogen-bond acceptors (Lipinski definition) is 6. The van der Waals surface area contributed by atoms with E-state index in [1.807, 2.05) is 55.5 Å². The fourth-order valence-electron chi connectivity index (χ4n) is 4.64. The highest BCUT2D eigenvalue weighted by Gasteiger charge is 2.16. The lowest BCUT2D eigenvalue weighted by Gasteiger charge is -2.12. The van der Waals surface area contributed by atoms with Crippen LogP contribution in [-0.2, 0) is 0 Å².